The summed E-state index contributed by atoms with van der Waals surface area (Å²) in [4.78, 5) is 23.3. The Morgan fingerprint density at radius 3 is 2.28 bits per heavy atom. The molecule has 1 aliphatic rings. The SMILES string of the molecule is Cc1sc(-c2cnc3c(n2)C(C)(C)CCC3(C)C)cc1-c1ccc(C(=O)O)cc1. The van der Waals surface area contributed by atoms with Crippen molar-refractivity contribution in [2.75, 3.05) is 0 Å². The summed E-state index contributed by atoms with van der Waals surface area (Å²) in [7, 11) is 0. The fourth-order valence-electron chi connectivity index (χ4n) is 4.02. The Morgan fingerprint density at radius 1 is 1.03 bits per heavy atom. The quantitative estimate of drug-likeness (QED) is 0.560. The zero-order valence-corrected chi connectivity index (χ0v) is 18.4. The molecule has 0 unspecified atom stereocenters. The molecular weight excluding hydrogens is 380 g/mol. The Labute approximate surface area is 175 Å². The molecule has 29 heavy (non-hydrogen) atoms. The Balaban J connectivity index is 1.75. The van der Waals surface area contributed by atoms with Gasteiger partial charge in [-0.05, 0) is 49.1 Å². The van der Waals surface area contributed by atoms with Crippen LogP contribution in [-0.2, 0) is 10.8 Å². The van der Waals surface area contributed by atoms with Gasteiger partial charge in [-0.15, -0.1) is 11.3 Å². The second-order valence-electron chi connectivity index (χ2n) is 9.18. The van der Waals surface area contributed by atoms with E-state index in [1.807, 2.05) is 18.3 Å². The normalized spacial score (nSPS) is 17.0. The van der Waals surface area contributed by atoms with Crippen molar-refractivity contribution in [2.45, 2.75) is 58.3 Å². The van der Waals surface area contributed by atoms with E-state index >= 15 is 0 Å². The number of rotatable bonds is 3. The lowest BCUT2D eigenvalue weighted by molar-refractivity contribution is 0.0697. The third-order valence-electron chi connectivity index (χ3n) is 6.04. The zero-order valence-electron chi connectivity index (χ0n) is 17.5. The van der Waals surface area contributed by atoms with E-state index < -0.39 is 5.97 Å². The highest BCUT2D eigenvalue weighted by molar-refractivity contribution is 7.15. The predicted octanol–water partition coefficient (Wildman–Crippen LogP) is 6.23. The summed E-state index contributed by atoms with van der Waals surface area (Å²) in [5, 5.41) is 9.12. The van der Waals surface area contributed by atoms with Crippen LogP contribution in [0, 0.1) is 6.92 Å². The number of aromatic nitrogens is 2. The van der Waals surface area contributed by atoms with Crippen LogP contribution in [0.25, 0.3) is 21.7 Å². The van der Waals surface area contributed by atoms with Crippen molar-refractivity contribution in [3.05, 3.63) is 58.4 Å². The van der Waals surface area contributed by atoms with Gasteiger partial charge in [0.25, 0.3) is 0 Å². The number of nitrogens with zero attached hydrogens (tertiary/aromatic N) is 2. The van der Waals surface area contributed by atoms with Gasteiger partial charge >= 0.3 is 5.97 Å². The number of hydrogen-bond acceptors (Lipinski definition) is 4. The van der Waals surface area contributed by atoms with Crippen LogP contribution < -0.4 is 0 Å². The lowest BCUT2D eigenvalue weighted by Gasteiger charge is -2.39. The number of aryl methyl sites for hydroxylation is 1. The summed E-state index contributed by atoms with van der Waals surface area (Å²) in [5.74, 6) is -0.908. The minimum atomic E-state index is -0.908. The second-order valence-corrected chi connectivity index (χ2v) is 10.4. The summed E-state index contributed by atoms with van der Waals surface area (Å²) in [6.07, 6.45) is 4.13. The van der Waals surface area contributed by atoms with Crippen molar-refractivity contribution in [1.29, 1.82) is 0 Å². The number of carboxylic acids is 1. The van der Waals surface area contributed by atoms with Crippen LogP contribution in [0.3, 0.4) is 0 Å². The average molecular weight is 407 g/mol. The Hall–Kier alpha value is -2.53. The number of thiophene rings is 1. The number of fused-ring (bicyclic) bond motifs is 1. The smallest absolute Gasteiger partial charge is 0.335 e. The lowest BCUT2D eigenvalue weighted by atomic mass is 9.67. The molecule has 0 bridgehead atoms. The fraction of sp³-hybridized carbons (Fsp3) is 0.375. The van der Waals surface area contributed by atoms with Crippen molar-refractivity contribution in [1.82, 2.24) is 9.97 Å². The van der Waals surface area contributed by atoms with E-state index in [9.17, 15) is 4.79 Å². The highest BCUT2D eigenvalue weighted by Crippen LogP contribution is 2.45. The van der Waals surface area contributed by atoms with E-state index in [1.165, 1.54) is 4.88 Å². The Kier molecular flexibility index (Phi) is 4.61. The number of carboxylic acid groups (broad SMARTS) is 1. The molecule has 1 N–H and O–H groups in total. The van der Waals surface area contributed by atoms with E-state index in [0.717, 1.165) is 45.9 Å². The van der Waals surface area contributed by atoms with Gasteiger partial charge in [0.15, 0.2) is 0 Å². The van der Waals surface area contributed by atoms with Gasteiger partial charge in [-0.25, -0.2) is 9.78 Å². The molecule has 0 saturated heterocycles. The van der Waals surface area contributed by atoms with E-state index in [1.54, 1.807) is 23.5 Å². The third kappa shape index (κ3) is 3.48. The van der Waals surface area contributed by atoms with Crippen LogP contribution in [0.4, 0.5) is 0 Å². The first-order valence-electron chi connectivity index (χ1n) is 9.91. The van der Waals surface area contributed by atoms with Crippen molar-refractivity contribution >= 4 is 17.3 Å². The molecule has 0 atom stereocenters. The van der Waals surface area contributed by atoms with Crippen LogP contribution in [0.1, 0.15) is 67.2 Å². The monoisotopic (exact) mass is 406 g/mol. The van der Waals surface area contributed by atoms with E-state index in [0.29, 0.717) is 5.56 Å². The molecular formula is C24H26N2O2S. The molecule has 2 heterocycles. The topological polar surface area (TPSA) is 63.1 Å². The number of carbonyl (C=O) groups is 1. The van der Waals surface area contributed by atoms with Gasteiger partial charge in [-0.1, -0.05) is 39.8 Å². The van der Waals surface area contributed by atoms with Crippen LogP contribution in [0.15, 0.2) is 36.5 Å². The second kappa shape index (κ2) is 6.77. The van der Waals surface area contributed by atoms with Crippen LogP contribution in [0.2, 0.25) is 0 Å². The highest BCUT2D eigenvalue weighted by Gasteiger charge is 2.39. The molecule has 0 spiro atoms. The van der Waals surface area contributed by atoms with Gasteiger partial charge in [0.1, 0.15) is 0 Å². The minimum absolute atomic E-state index is 0.0235. The summed E-state index contributed by atoms with van der Waals surface area (Å²) < 4.78 is 0. The van der Waals surface area contributed by atoms with Crippen LogP contribution in [0.5, 0.6) is 0 Å². The van der Waals surface area contributed by atoms with Crippen LogP contribution >= 0.6 is 11.3 Å². The average Bonchev–Trinajstić information content (AvgIpc) is 3.07. The van der Waals surface area contributed by atoms with Gasteiger partial charge in [0.05, 0.1) is 33.7 Å². The summed E-state index contributed by atoms with van der Waals surface area (Å²) >= 11 is 1.70. The molecule has 0 fully saturated rings. The van der Waals surface area contributed by atoms with Gasteiger partial charge in [-0.3, -0.25) is 4.98 Å². The molecule has 1 aliphatic carbocycles. The molecule has 0 radical (unpaired) electrons. The number of benzene rings is 1. The maximum absolute atomic E-state index is 11.1. The van der Waals surface area contributed by atoms with Gasteiger partial charge in [-0.2, -0.15) is 0 Å². The Morgan fingerprint density at radius 2 is 1.66 bits per heavy atom. The summed E-state index contributed by atoms with van der Waals surface area (Å²) in [6.45, 7) is 11.1. The zero-order chi connectivity index (χ0) is 21.0. The van der Waals surface area contributed by atoms with Crippen molar-refractivity contribution < 1.29 is 9.90 Å². The Bertz CT molecular complexity index is 1090. The van der Waals surface area contributed by atoms with Crippen molar-refractivity contribution in [3.8, 4) is 21.7 Å². The van der Waals surface area contributed by atoms with E-state index in [2.05, 4.69) is 40.7 Å². The van der Waals surface area contributed by atoms with Crippen molar-refractivity contribution in [2.24, 2.45) is 0 Å². The summed E-state index contributed by atoms with van der Waals surface area (Å²) in [6, 6.07) is 9.18. The van der Waals surface area contributed by atoms with E-state index in [-0.39, 0.29) is 10.8 Å². The molecule has 0 saturated carbocycles. The van der Waals surface area contributed by atoms with Gasteiger partial charge in [0.2, 0.25) is 0 Å². The standard InChI is InChI=1S/C24H26N2O2S/c1-14-17(15-6-8-16(9-7-15)22(27)28)12-19(29-14)18-13-25-20-21(26-18)24(4,5)11-10-23(20,2)3/h6-9,12-13H,10-11H2,1-5H3,(H,27,28). The first-order valence-corrected chi connectivity index (χ1v) is 10.7. The summed E-state index contributed by atoms with van der Waals surface area (Å²) in [5.41, 5.74) is 5.65. The maximum Gasteiger partial charge on any atom is 0.335 e. The van der Waals surface area contributed by atoms with Gasteiger partial charge in [0, 0.05) is 15.7 Å². The molecule has 150 valence electrons. The largest absolute Gasteiger partial charge is 0.478 e. The number of aromatic carboxylic acids is 1. The van der Waals surface area contributed by atoms with E-state index in [4.69, 9.17) is 15.1 Å². The molecule has 1 aromatic carbocycles. The lowest BCUT2D eigenvalue weighted by Crippen LogP contribution is -2.36. The molecule has 0 aliphatic heterocycles. The number of hydrogen-bond donors (Lipinski definition) is 1. The molecule has 4 rings (SSSR count). The molecule has 0 amide bonds. The third-order valence-corrected chi connectivity index (χ3v) is 7.12. The van der Waals surface area contributed by atoms with Crippen LogP contribution in [-0.4, -0.2) is 21.0 Å². The first kappa shape index (κ1) is 19.8. The minimum Gasteiger partial charge on any atom is -0.478 e. The highest BCUT2D eigenvalue weighted by atomic mass is 32.1. The van der Waals surface area contributed by atoms with Gasteiger partial charge < -0.3 is 5.11 Å². The molecule has 4 nitrogen and oxygen atoms in total. The first-order chi connectivity index (χ1) is 13.6. The molecule has 3 aromatic rings. The van der Waals surface area contributed by atoms with Crippen molar-refractivity contribution in [3.63, 3.8) is 0 Å². The fourth-order valence-corrected chi connectivity index (χ4v) is 5.02. The molecule has 2 aromatic heterocycles. The maximum atomic E-state index is 11.1. The predicted molar refractivity (Wildman–Crippen MR) is 118 cm³/mol. The molecule has 5 heteroatoms.